The number of anilines is 2. The summed E-state index contributed by atoms with van der Waals surface area (Å²) in [7, 11) is -2.40. The first-order chi connectivity index (χ1) is 16.2. The highest BCUT2D eigenvalue weighted by molar-refractivity contribution is 7.98. The van der Waals surface area contributed by atoms with Crippen LogP contribution in [0.15, 0.2) is 64.3 Å². The van der Waals surface area contributed by atoms with Gasteiger partial charge in [0.2, 0.25) is 15.9 Å². The maximum atomic E-state index is 13.7. The number of hydrogen-bond donors (Lipinski definition) is 1. The molecule has 0 saturated heterocycles. The fourth-order valence-electron chi connectivity index (χ4n) is 3.74. The number of carbonyl (C=O) groups is 1. The topological polar surface area (TPSA) is 87.1 Å². The Labute approximate surface area is 208 Å². The van der Waals surface area contributed by atoms with Crippen LogP contribution in [0.2, 0.25) is 0 Å². The highest BCUT2D eigenvalue weighted by Gasteiger charge is 2.37. The molecule has 3 rings (SSSR count). The van der Waals surface area contributed by atoms with E-state index in [-0.39, 0.29) is 16.7 Å². The van der Waals surface area contributed by atoms with Gasteiger partial charge in [0.05, 0.1) is 10.6 Å². The van der Waals surface area contributed by atoms with Gasteiger partial charge in [-0.05, 0) is 37.3 Å². The predicted molar refractivity (Wildman–Crippen MR) is 132 cm³/mol. The van der Waals surface area contributed by atoms with Crippen molar-refractivity contribution in [3.05, 3.63) is 54.6 Å². The van der Waals surface area contributed by atoms with Crippen LogP contribution in [0.3, 0.4) is 0 Å². The van der Waals surface area contributed by atoms with Crippen molar-refractivity contribution < 1.29 is 27.4 Å². The van der Waals surface area contributed by atoms with E-state index in [1.54, 1.807) is 19.4 Å². The molecule has 184 valence electrons. The van der Waals surface area contributed by atoms with Gasteiger partial charge in [-0.15, -0.1) is 23.4 Å². The van der Waals surface area contributed by atoms with Crippen molar-refractivity contribution in [2.75, 3.05) is 30.6 Å². The van der Waals surface area contributed by atoms with E-state index >= 15 is 0 Å². The van der Waals surface area contributed by atoms with Gasteiger partial charge in [-0.1, -0.05) is 24.6 Å². The minimum Gasteiger partial charge on any atom is -0.476 e. The maximum Gasteiger partial charge on any atom is 0.368 e. The molecule has 2 aromatic rings. The Bertz CT molecular complexity index is 1160. The second-order valence-corrected chi connectivity index (χ2v) is 10.9. The van der Waals surface area contributed by atoms with Crippen molar-refractivity contribution in [3.8, 4) is 5.75 Å². The molecule has 1 unspecified atom stereocenters. The van der Waals surface area contributed by atoms with Crippen molar-refractivity contribution in [1.29, 1.82) is 0 Å². The number of para-hydroxylation sites is 1. The van der Waals surface area contributed by atoms with Gasteiger partial charge >= 0.3 is 5.97 Å². The van der Waals surface area contributed by atoms with Gasteiger partial charge in [0.25, 0.3) is 0 Å². The molecule has 0 aliphatic carbocycles. The van der Waals surface area contributed by atoms with Gasteiger partial charge in [-0.2, -0.15) is 8.70 Å². The third-order valence-corrected chi connectivity index (χ3v) is 8.55. The van der Waals surface area contributed by atoms with Crippen LogP contribution in [0.4, 0.5) is 15.8 Å². The van der Waals surface area contributed by atoms with Gasteiger partial charge in [0.1, 0.15) is 16.9 Å². The quantitative estimate of drug-likeness (QED) is 0.157. The molecule has 0 radical (unpaired) electrons. The van der Waals surface area contributed by atoms with E-state index in [1.165, 1.54) is 22.1 Å². The number of hydrogen-bond acceptors (Lipinski definition) is 6. The van der Waals surface area contributed by atoms with Crippen molar-refractivity contribution in [1.82, 2.24) is 4.31 Å². The van der Waals surface area contributed by atoms with Crippen LogP contribution in [0.1, 0.15) is 19.3 Å². The number of benzene rings is 2. The highest BCUT2D eigenvalue weighted by atomic mass is 35.5. The number of unbranched alkanes of at least 4 members (excludes halogenated alkanes) is 1. The highest BCUT2D eigenvalue weighted by Crippen LogP contribution is 2.43. The van der Waals surface area contributed by atoms with E-state index in [2.05, 4.69) is 0 Å². The lowest BCUT2D eigenvalue weighted by molar-refractivity contribution is -0.134. The number of fused-ring (bicyclic) bond motifs is 1. The molecule has 0 spiro atoms. The normalized spacial score (nSPS) is 18.3. The Morgan fingerprint density at radius 3 is 2.62 bits per heavy atom. The van der Waals surface area contributed by atoms with E-state index in [1.807, 2.05) is 35.2 Å². The summed E-state index contributed by atoms with van der Waals surface area (Å²) in [5, 5.41) is 8.77. The number of thioether (sulfide) groups is 1. The van der Waals surface area contributed by atoms with E-state index in [0.29, 0.717) is 35.7 Å². The average molecular weight is 529 g/mol. The molecule has 1 aliphatic heterocycles. The van der Waals surface area contributed by atoms with Gasteiger partial charge < -0.3 is 14.7 Å². The number of rotatable bonds is 9. The van der Waals surface area contributed by atoms with Crippen LogP contribution < -0.4 is 9.64 Å². The number of carboxylic acid groups (broad SMARTS) is 1. The molecule has 2 aromatic carbocycles. The van der Waals surface area contributed by atoms with Crippen molar-refractivity contribution in [2.45, 2.75) is 35.1 Å². The summed E-state index contributed by atoms with van der Waals surface area (Å²) in [4.78, 5) is 13.3. The van der Waals surface area contributed by atoms with Gasteiger partial charge in [-0.25, -0.2) is 13.2 Å². The number of aliphatic carboxylic acids is 1. The Hall–Kier alpha value is -2.27. The summed E-state index contributed by atoms with van der Waals surface area (Å²) in [5.41, 5.74) is 1.30. The summed E-state index contributed by atoms with van der Waals surface area (Å²) in [6.45, 7) is 0.427. The molecule has 1 N–H and O–H groups in total. The molecule has 0 bridgehead atoms. The lowest BCUT2D eigenvalue weighted by Gasteiger charge is -2.29. The Morgan fingerprint density at radius 2 is 2.00 bits per heavy atom. The molecular formula is C23H26ClFN2O5S2. The molecule has 7 nitrogen and oxygen atoms in total. The molecule has 0 amide bonds. The van der Waals surface area contributed by atoms with E-state index in [9.17, 15) is 17.6 Å². The van der Waals surface area contributed by atoms with Crippen molar-refractivity contribution in [2.24, 2.45) is 0 Å². The first-order valence-electron chi connectivity index (χ1n) is 10.5. The summed E-state index contributed by atoms with van der Waals surface area (Å²) >= 11 is 7.11. The van der Waals surface area contributed by atoms with Crippen LogP contribution >= 0.6 is 23.4 Å². The first kappa shape index (κ1) is 26.3. The standard InChI is InChI=1S/C23H26ClFN2O5S2/c1-26-17(10-6-7-11-24)14-27(16-8-4-3-5-9-16)19-12-21(33-2)20(13-22(19)34(26,30)31)32-15-18(25)23(28)29/h3-5,8-9,12-13,15,17H,6-7,10-11,14H2,1-2H3,(H,28,29)/b18-15-. The molecular weight excluding hydrogens is 503 g/mol. The SMILES string of the molecule is CSc1cc2c(cc1O/C=C(\F)C(=O)O)S(=O)(=O)N(C)C(CCCCCl)CN2c1ccccc1. The van der Waals surface area contributed by atoms with Gasteiger partial charge in [0, 0.05) is 37.3 Å². The first-order valence-corrected chi connectivity index (χ1v) is 13.7. The zero-order valence-electron chi connectivity index (χ0n) is 18.8. The minimum atomic E-state index is -3.95. The number of likely N-dealkylation sites (N-methyl/N-ethyl adjacent to an activating group) is 1. The Balaban J connectivity index is 2.18. The molecule has 1 atom stereocenters. The molecule has 0 saturated carbocycles. The van der Waals surface area contributed by atoms with Crippen LogP contribution in [0, 0.1) is 0 Å². The average Bonchev–Trinajstić information content (AvgIpc) is 2.91. The lowest BCUT2D eigenvalue weighted by atomic mass is 10.1. The molecule has 0 aromatic heterocycles. The summed E-state index contributed by atoms with van der Waals surface area (Å²) in [5.74, 6) is -2.72. The van der Waals surface area contributed by atoms with Gasteiger partial charge in [-0.3, -0.25) is 0 Å². The zero-order valence-corrected chi connectivity index (χ0v) is 21.2. The number of halogens is 2. The summed E-state index contributed by atoms with van der Waals surface area (Å²) < 4.78 is 47.5. The monoisotopic (exact) mass is 528 g/mol. The number of sulfonamides is 1. The molecule has 0 fully saturated rings. The zero-order chi connectivity index (χ0) is 24.9. The second kappa shape index (κ2) is 11.4. The minimum absolute atomic E-state index is 0.00405. The number of carboxylic acids is 1. The van der Waals surface area contributed by atoms with Crippen molar-refractivity contribution >= 4 is 50.7 Å². The van der Waals surface area contributed by atoms with Gasteiger partial charge in [0.15, 0.2) is 0 Å². The summed E-state index contributed by atoms with van der Waals surface area (Å²) in [6, 6.07) is 12.2. The van der Waals surface area contributed by atoms with E-state index < -0.39 is 21.8 Å². The third kappa shape index (κ3) is 5.68. The molecule has 1 aliphatic rings. The number of ether oxygens (including phenoxy) is 1. The fourth-order valence-corrected chi connectivity index (χ4v) is 6.03. The number of nitrogens with zero attached hydrogens (tertiary/aromatic N) is 2. The molecule has 34 heavy (non-hydrogen) atoms. The molecule has 1 heterocycles. The molecule has 11 heteroatoms. The number of alkyl halides is 1. The Morgan fingerprint density at radius 1 is 1.29 bits per heavy atom. The Kier molecular flexibility index (Phi) is 8.86. The maximum absolute atomic E-state index is 13.7. The van der Waals surface area contributed by atoms with Crippen LogP contribution in [-0.2, 0) is 14.8 Å². The largest absolute Gasteiger partial charge is 0.476 e. The predicted octanol–water partition coefficient (Wildman–Crippen LogP) is 5.23. The summed E-state index contributed by atoms with van der Waals surface area (Å²) in [6.07, 6.45) is 4.41. The second-order valence-electron chi connectivity index (χ2n) is 7.67. The van der Waals surface area contributed by atoms with Crippen molar-refractivity contribution in [3.63, 3.8) is 0 Å². The van der Waals surface area contributed by atoms with E-state index in [4.69, 9.17) is 21.4 Å². The fraction of sp³-hybridized carbons (Fsp3) is 0.348. The van der Waals surface area contributed by atoms with Crippen LogP contribution in [0.25, 0.3) is 0 Å². The smallest absolute Gasteiger partial charge is 0.368 e. The van der Waals surface area contributed by atoms with Crippen LogP contribution in [0.5, 0.6) is 5.75 Å². The van der Waals surface area contributed by atoms with E-state index in [0.717, 1.165) is 18.5 Å². The third-order valence-electron chi connectivity index (χ3n) is 5.58. The lowest BCUT2D eigenvalue weighted by Crippen LogP contribution is -2.40. The van der Waals surface area contributed by atoms with Crippen LogP contribution in [-0.4, -0.2) is 55.6 Å².